The molecule has 2 aromatic carbocycles. The number of rotatable bonds is 6. The summed E-state index contributed by atoms with van der Waals surface area (Å²) in [6, 6.07) is 16.5. The summed E-state index contributed by atoms with van der Waals surface area (Å²) in [5, 5.41) is 3.99. The van der Waals surface area contributed by atoms with Crippen LogP contribution in [0.5, 0.6) is 0 Å². The van der Waals surface area contributed by atoms with Gasteiger partial charge in [-0.25, -0.2) is 4.39 Å². The number of benzene rings is 2. The van der Waals surface area contributed by atoms with Crippen molar-refractivity contribution in [3.8, 4) is 11.5 Å². The molecule has 0 saturated heterocycles. The van der Waals surface area contributed by atoms with E-state index in [1.54, 1.807) is 6.07 Å². The highest BCUT2D eigenvalue weighted by Gasteiger charge is 2.62. The Morgan fingerprint density at radius 1 is 1.10 bits per heavy atom. The highest BCUT2D eigenvalue weighted by Crippen LogP contribution is 2.68. The Labute approximate surface area is 177 Å². The van der Waals surface area contributed by atoms with Crippen molar-refractivity contribution in [1.29, 1.82) is 0 Å². The van der Waals surface area contributed by atoms with Crippen LogP contribution in [0, 0.1) is 23.6 Å². The quantitative estimate of drug-likeness (QED) is 0.468. The number of aromatic nitrogens is 2. The van der Waals surface area contributed by atoms with Gasteiger partial charge < -0.3 is 4.52 Å². The third-order valence-corrected chi connectivity index (χ3v) is 7.46. The molecular weight excluding hydrogens is 375 g/mol. The van der Waals surface area contributed by atoms with Crippen LogP contribution in [0.15, 0.2) is 53.1 Å². The van der Waals surface area contributed by atoms with Crippen LogP contribution in [-0.4, -0.2) is 10.1 Å². The number of hydrogen-bond donors (Lipinski definition) is 0. The largest absolute Gasteiger partial charge is 0.334 e. The summed E-state index contributed by atoms with van der Waals surface area (Å²) in [4.78, 5) is 4.38. The maximum Gasteiger partial charge on any atom is 0.260 e. The molecule has 3 nitrogen and oxygen atoms in total. The number of halogens is 1. The second-order valence-corrected chi connectivity index (χ2v) is 9.61. The summed E-state index contributed by atoms with van der Waals surface area (Å²) in [6.45, 7) is 6.29. The predicted molar refractivity (Wildman–Crippen MR) is 116 cm³/mol. The fourth-order valence-electron chi connectivity index (χ4n) is 5.71. The van der Waals surface area contributed by atoms with Gasteiger partial charge in [-0.15, -0.1) is 0 Å². The van der Waals surface area contributed by atoms with Crippen molar-refractivity contribution in [2.24, 2.45) is 17.8 Å². The van der Waals surface area contributed by atoms with Gasteiger partial charge in [0.15, 0.2) is 5.82 Å². The maximum atomic E-state index is 15.3. The fraction of sp³-hybridized carbons (Fsp3) is 0.462. The molecule has 30 heavy (non-hydrogen) atoms. The van der Waals surface area contributed by atoms with E-state index < -0.39 is 0 Å². The van der Waals surface area contributed by atoms with Crippen LogP contribution in [0.25, 0.3) is 11.5 Å². The van der Waals surface area contributed by atoms with E-state index in [0.29, 0.717) is 28.6 Å². The molecule has 156 valence electrons. The van der Waals surface area contributed by atoms with Crippen molar-refractivity contribution in [3.63, 3.8) is 0 Å². The molecule has 1 heterocycles. The molecule has 0 spiro atoms. The number of nitrogens with zero attached hydrogens (tertiary/aromatic N) is 2. The van der Waals surface area contributed by atoms with Gasteiger partial charge >= 0.3 is 0 Å². The molecule has 0 amide bonds. The Morgan fingerprint density at radius 2 is 1.90 bits per heavy atom. The highest BCUT2D eigenvalue weighted by atomic mass is 19.1. The van der Waals surface area contributed by atoms with E-state index in [9.17, 15) is 0 Å². The Bertz CT molecular complexity index is 1040. The average molecular weight is 405 g/mol. The Morgan fingerprint density at radius 3 is 2.60 bits per heavy atom. The Balaban J connectivity index is 1.33. The minimum absolute atomic E-state index is 0.152. The van der Waals surface area contributed by atoms with E-state index in [-0.39, 0.29) is 17.6 Å². The van der Waals surface area contributed by atoms with Crippen LogP contribution in [0.4, 0.5) is 4.39 Å². The van der Waals surface area contributed by atoms with E-state index in [1.807, 2.05) is 26.0 Å². The first kappa shape index (κ1) is 19.5. The van der Waals surface area contributed by atoms with Crippen molar-refractivity contribution in [2.75, 3.05) is 0 Å². The molecule has 2 aliphatic carbocycles. The molecule has 1 aromatic heterocycles. The lowest BCUT2D eigenvalue weighted by Gasteiger charge is -2.21. The minimum atomic E-state index is -0.216. The molecule has 4 heteroatoms. The lowest BCUT2D eigenvalue weighted by atomic mass is 9.84. The lowest BCUT2D eigenvalue weighted by molar-refractivity contribution is 0.322. The predicted octanol–water partition coefficient (Wildman–Crippen LogP) is 6.55. The Hall–Kier alpha value is -2.49. The van der Waals surface area contributed by atoms with Gasteiger partial charge in [-0.1, -0.05) is 68.4 Å². The van der Waals surface area contributed by atoms with Gasteiger partial charge in [0.1, 0.15) is 5.82 Å². The van der Waals surface area contributed by atoms with Crippen LogP contribution in [-0.2, 0) is 11.8 Å². The standard InChI is InChI=1S/C26H29FN2O/c1-16(2)24-28-25(30-29-24)21-11-7-8-18(23(21)27)14-17(3)20-12-13-26(15-22(20)26)19-9-5-4-6-10-19/h4-11,16-17,20,22H,12-15H2,1-3H3/t17?,20-,22?,26+/m1/s1. The van der Waals surface area contributed by atoms with E-state index in [2.05, 4.69) is 47.4 Å². The second kappa shape index (κ2) is 7.33. The summed E-state index contributed by atoms with van der Waals surface area (Å²) < 4.78 is 20.7. The molecule has 0 bridgehead atoms. The fourth-order valence-corrected chi connectivity index (χ4v) is 5.71. The van der Waals surface area contributed by atoms with Crippen molar-refractivity contribution in [1.82, 2.24) is 10.1 Å². The highest BCUT2D eigenvalue weighted by molar-refractivity contribution is 5.55. The van der Waals surface area contributed by atoms with Crippen LogP contribution >= 0.6 is 0 Å². The summed E-state index contributed by atoms with van der Waals surface area (Å²) in [5.74, 6) is 2.67. The van der Waals surface area contributed by atoms with Gasteiger partial charge in [0, 0.05) is 5.92 Å². The Kier molecular flexibility index (Phi) is 4.76. The first-order valence-corrected chi connectivity index (χ1v) is 11.2. The van der Waals surface area contributed by atoms with E-state index >= 15 is 4.39 Å². The molecule has 2 aliphatic rings. The van der Waals surface area contributed by atoms with Gasteiger partial charge in [-0.05, 0) is 66.0 Å². The zero-order valence-electron chi connectivity index (χ0n) is 17.9. The monoisotopic (exact) mass is 404 g/mol. The topological polar surface area (TPSA) is 38.9 Å². The molecule has 2 saturated carbocycles. The van der Waals surface area contributed by atoms with Crippen LogP contribution in [0.2, 0.25) is 0 Å². The van der Waals surface area contributed by atoms with Gasteiger partial charge in [0.05, 0.1) is 5.56 Å². The maximum absolute atomic E-state index is 15.3. The van der Waals surface area contributed by atoms with Crippen molar-refractivity contribution < 1.29 is 8.91 Å². The second-order valence-electron chi connectivity index (χ2n) is 9.61. The van der Waals surface area contributed by atoms with Crippen molar-refractivity contribution in [3.05, 3.63) is 71.3 Å². The SMILES string of the molecule is CC(C)c1noc(-c2cccc(CC(C)[C@H]3CC[C@@]4(c5ccccc5)CC34)c2F)n1. The molecule has 2 fully saturated rings. The first-order chi connectivity index (χ1) is 14.5. The summed E-state index contributed by atoms with van der Waals surface area (Å²) >= 11 is 0. The number of hydrogen-bond acceptors (Lipinski definition) is 3. The smallest absolute Gasteiger partial charge is 0.260 e. The summed E-state index contributed by atoms with van der Waals surface area (Å²) in [7, 11) is 0. The normalized spacial score (nSPS) is 26.0. The molecule has 4 atom stereocenters. The number of fused-ring (bicyclic) bond motifs is 1. The molecule has 0 radical (unpaired) electrons. The van der Waals surface area contributed by atoms with Gasteiger partial charge in [0.2, 0.25) is 0 Å². The first-order valence-electron chi connectivity index (χ1n) is 11.2. The molecule has 5 rings (SSSR count). The van der Waals surface area contributed by atoms with Crippen LogP contribution < -0.4 is 0 Å². The summed E-state index contributed by atoms with van der Waals surface area (Å²) in [5.41, 5.74) is 3.05. The zero-order chi connectivity index (χ0) is 20.9. The average Bonchev–Trinajstić information content (AvgIpc) is 3.11. The van der Waals surface area contributed by atoms with E-state index in [0.717, 1.165) is 17.9 Å². The minimum Gasteiger partial charge on any atom is -0.334 e. The van der Waals surface area contributed by atoms with Gasteiger partial charge in [-0.2, -0.15) is 4.98 Å². The van der Waals surface area contributed by atoms with E-state index in [1.165, 1.54) is 24.8 Å². The molecular formula is C26H29FN2O. The van der Waals surface area contributed by atoms with Gasteiger partial charge in [0.25, 0.3) is 5.89 Å². The lowest BCUT2D eigenvalue weighted by Crippen LogP contribution is -2.15. The molecule has 2 unspecified atom stereocenters. The third-order valence-electron chi connectivity index (χ3n) is 7.46. The third kappa shape index (κ3) is 3.17. The molecule has 0 aliphatic heterocycles. The van der Waals surface area contributed by atoms with Crippen molar-refractivity contribution in [2.45, 2.75) is 57.8 Å². The zero-order valence-corrected chi connectivity index (χ0v) is 17.9. The van der Waals surface area contributed by atoms with Gasteiger partial charge in [-0.3, -0.25) is 0 Å². The van der Waals surface area contributed by atoms with E-state index in [4.69, 9.17) is 4.52 Å². The van der Waals surface area contributed by atoms with Crippen molar-refractivity contribution >= 4 is 0 Å². The molecule has 3 aromatic rings. The van der Waals surface area contributed by atoms with Crippen LogP contribution in [0.1, 0.15) is 62.9 Å². The van der Waals surface area contributed by atoms with Crippen LogP contribution in [0.3, 0.4) is 0 Å². The molecule has 0 N–H and O–H groups in total. The summed E-state index contributed by atoms with van der Waals surface area (Å²) in [6.07, 6.45) is 4.54.